The summed E-state index contributed by atoms with van der Waals surface area (Å²) in [6.07, 6.45) is 8.28. The van der Waals surface area contributed by atoms with Crippen molar-refractivity contribution < 1.29 is 13.2 Å². The van der Waals surface area contributed by atoms with Gasteiger partial charge in [0.1, 0.15) is 23.6 Å². The average Bonchev–Trinajstić information content (AvgIpc) is 3.75. The molecule has 1 saturated heterocycles. The SMILES string of the molecule is C=C[C@H]1Nc2ncnc3c2cc(C2(C#N)CC2)c(=O)n3CCCCCCCN2CC(C2)CC(F)(F)c2cccc1c2F. The second-order valence-corrected chi connectivity index (χ2v) is 12.0. The van der Waals surface area contributed by atoms with E-state index in [0.29, 0.717) is 54.9 Å². The van der Waals surface area contributed by atoms with Crippen molar-refractivity contribution in [2.24, 2.45) is 5.92 Å². The molecular weight excluding hydrogens is 541 g/mol. The number of aromatic nitrogens is 3. The topological polar surface area (TPSA) is 86.8 Å². The molecule has 7 rings (SSSR count). The van der Waals surface area contributed by atoms with Gasteiger partial charge in [-0.1, -0.05) is 43.5 Å². The van der Waals surface area contributed by atoms with E-state index >= 15 is 13.2 Å². The molecule has 1 saturated carbocycles. The van der Waals surface area contributed by atoms with E-state index in [1.54, 1.807) is 10.6 Å². The maximum absolute atomic E-state index is 15.8. The number of benzene rings is 1. The van der Waals surface area contributed by atoms with Gasteiger partial charge in [-0.25, -0.2) is 23.1 Å². The van der Waals surface area contributed by atoms with Gasteiger partial charge < -0.3 is 10.2 Å². The number of hydrogen-bond acceptors (Lipinski definition) is 6. The molecule has 10 heteroatoms. The lowest BCUT2D eigenvalue weighted by Crippen LogP contribution is -2.48. The van der Waals surface area contributed by atoms with Gasteiger partial charge in [-0.05, 0) is 44.2 Å². The molecule has 5 heterocycles. The molecule has 2 aromatic heterocycles. The zero-order valence-electron chi connectivity index (χ0n) is 23.6. The number of nitrogens with one attached hydrogen (secondary N) is 1. The van der Waals surface area contributed by atoms with Gasteiger partial charge in [-0.15, -0.1) is 6.58 Å². The third kappa shape index (κ3) is 5.19. The Hall–Kier alpha value is -3.71. The first-order chi connectivity index (χ1) is 20.3. The minimum Gasteiger partial charge on any atom is -0.359 e. The maximum Gasteiger partial charge on any atom is 0.276 e. The quantitative estimate of drug-likeness (QED) is 0.366. The van der Waals surface area contributed by atoms with E-state index in [-0.39, 0.29) is 17.0 Å². The summed E-state index contributed by atoms with van der Waals surface area (Å²) >= 11 is 0. The number of hydrogen-bond donors (Lipinski definition) is 1. The summed E-state index contributed by atoms with van der Waals surface area (Å²) in [4.78, 5) is 24.7. The lowest BCUT2D eigenvalue weighted by Gasteiger charge is -2.41. The minimum absolute atomic E-state index is 0.0271. The summed E-state index contributed by atoms with van der Waals surface area (Å²) in [5.74, 6) is -4.16. The molecule has 1 aromatic carbocycles. The first-order valence-electron chi connectivity index (χ1n) is 14.8. The van der Waals surface area contributed by atoms with Crippen molar-refractivity contribution in [1.29, 1.82) is 5.26 Å². The van der Waals surface area contributed by atoms with Crippen molar-refractivity contribution in [2.75, 3.05) is 25.0 Å². The van der Waals surface area contributed by atoms with Crippen LogP contribution in [0, 0.1) is 23.1 Å². The van der Waals surface area contributed by atoms with Crippen LogP contribution in [0.1, 0.15) is 74.1 Å². The van der Waals surface area contributed by atoms with E-state index in [0.717, 1.165) is 44.7 Å². The monoisotopic (exact) mass is 576 g/mol. The van der Waals surface area contributed by atoms with Crippen LogP contribution in [0.3, 0.4) is 0 Å². The Bertz CT molecular complexity index is 1600. The molecule has 42 heavy (non-hydrogen) atoms. The Labute approximate surface area is 243 Å². The van der Waals surface area contributed by atoms with Crippen molar-refractivity contribution >= 4 is 16.9 Å². The molecule has 0 spiro atoms. The van der Waals surface area contributed by atoms with E-state index < -0.39 is 35.2 Å². The van der Waals surface area contributed by atoms with Gasteiger partial charge in [0.05, 0.1) is 28.5 Å². The van der Waals surface area contributed by atoms with Crippen LogP contribution in [-0.4, -0.2) is 39.1 Å². The molecule has 0 unspecified atom stereocenters. The van der Waals surface area contributed by atoms with E-state index in [2.05, 4.69) is 32.8 Å². The summed E-state index contributed by atoms with van der Waals surface area (Å²) in [5.41, 5.74) is -0.836. The van der Waals surface area contributed by atoms with Crippen molar-refractivity contribution in [3.05, 3.63) is 76.1 Å². The van der Waals surface area contributed by atoms with E-state index in [1.165, 1.54) is 24.5 Å². The molecular formula is C32H35F3N6O. The zero-order chi connectivity index (χ0) is 29.5. The summed E-state index contributed by atoms with van der Waals surface area (Å²) < 4.78 is 48.4. The van der Waals surface area contributed by atoms with Gasteiger partial charge in [0.15, 0.2) is 0 Å². The lowest BCUT2D eigenvalue weighted by atomic mass is 9.88. The normalized spacial score (nSPS) is 25.3. The Kier molecular flexibility index (Phi) is 7.56. The van der Waals surface area contributed by atoms with Crippen LogP contribution in [0.15, 0.2) is 48.0 Å². The summed E-state index contributed by atoms with van der Waals surface area (Å²) in [5, 5.41) is 13.6. The number of pyridine rings is 1. The van der Waals surface area contributed by atoms with Crippen LogP contribution >= 0.6 is 0 Å². The highest BCUT2D eigenvalue weighted by Gasteiger charge is 2.47. The highest BCUT2D eigenvalue weighted by atomic mass is 19.3. The number of aryl methyl sites for hydroxylation is 1. The van der Waals surface area contributed by atoms with Crippen LogP contribution < -0.4 is 10.9 Å². The molecule has 8 bridgehead atoms. The fraction of sp³-hybridized carbons (Fsp3) is 0.500. The fourth-order valence-electron chi connectivity index (χ4n) is 6.49. The first kappa shape index (κ1) is 28.4. The van der Waals surface area contributed by atoms with Crippen LogP contribution in [0.4, 0.5) is 19.0 Å². The van der Waals surface area contributed by atoms with Gasteiger partial charge in [0.2, 0.25) is 0 Å². The van der Waals surface area contributed by atoms with Crippen molar-refractivity contribution in [1.82, 2.24) is 19.4 Å². The molecule has 4 aliphatic rings. The third-order valence-electron chi connectivity index (χ3n) is 9.08. The van der Waals surface area contributed by atoms with Crippen LogP contribution in [0.2, 0.25) is 0 Å². The Morgan fingerprint density at radius 1 is 1.07 bits per heavy atom. The highest BCUT2D eigenvalue weighted by Crippen LogP contribution is 2.47. The van der Waals surface area contributed by atoms with Gasteiger partial charge in [-0.3, -0.25) is 9.36 Å². The predicted octanol–water partition coefficient (Wildman–Crippen LogP) is 6.20. The zero-order valence-corrected chi connectivity index (χ0v) is 23.6. The second kappa shape index (κ2) is 11.2. The van der Waals surface area contributed by atoms with Gasteiger partial charge in [-0.2, -0.15) is 5.26 Å². The highest BCUT2D eigenvalue weighted by molar-refractivity contribution is 5.87. The Morgan fingerprint density at radius 3 is 2.52 bits per heavy atom. The number of halogens is 3. The first-order valence-corrected chi connectivity index (χ1v) is 14.8. The van der Waals surface area contributed by atoms with Gasteiger partial charge >= 0.3 is 0 Å². The predicted molar refractivity (Wildman–Crippen MR) is 155 cm³/mol. The molecule has 220 valence electrons. The van der Waals surface area contributed by atoms with Gasteiger partial charge in [0, 0.05) is 37.2 Å². The van der Waals surface area contributed by atoms with Crippen molar-refractivity contribution in [3.63, 3.8) is 0 Å². The summed E-state index contributed by atoms with van der Waals surface area (Å²) in [7, 11) is 0. The molecule has 1 atom stereocenters. The number of rotatable bonds is 2. The number of fused-ring (bicyclic) bond motifs is 8. The van der Waals surface area contributed by atoms with Crippen molar-refractivity contribution in [3.8, 4) is 6.07 Å². The van der Waals surface area contributed by atoms with Gasteiger partial charge in [0.25, 0.3) is 11.5 Å². The minimum atomic E-state index is -3.32. The number of nitriles is 1. The summed E-state index contributed by atoms with van der Waals surface area (Å²) in [6.45, 7) is 6.35. The van der Waals surface area contributed by atoms with Crippen LogP contribution in [0.5, 0.6) is 0 Å². The molecule has 7 nitrogen and oxygen atoms in total. The Balaban J connectivity index is 1.44. The Morgan fingerprint density at radius 2 is 1.81 bits per heavy atom. The molecule has 0 amide bonds. The molecule has 1 aliphatic carbocycles. The van der Waals surface area contributed by atoms with Crippen LogP contribution in [0.25, 0.3) is 11.0 Å². The van der Waals surface area contributed by atoms with E-state index in [9.17, 15) is 10.1 Å². The third-order valence-corrected chi connectivity index (χ3v) is 9.08. The lowest BCUT2D eigenvalue weighted by molar-refractivity contribution is -0.0592. The second-order valence-electron chi connectivity index (χ2n) is 12.0. The largest absolute Gasteiger partial charge is 0.359 e. The molecule has 3 aromatic rings. The average molecular weight is 577 g/mol. The molecule has 2 fully saturated rings. The van der Waals surface area contributed by atoms with E-state index in [1.807, 2.05) is 0 Å². The molecule has 1 N–H and O–H groups in total. The summed E-state index contributed by atoms with van der Waals surface area (Å²) in [6, 6.07) is 7.18. The number of nitrogens with zero attached hydrogens (tertiary/aromatic N) is 5. The van der Waals surface area contributed by atoms with Crippen molar-refractivity contribution in [2.45, 2.75) is 75.3 Å². The smallest absolute Gasteiger partial charge is 0.276 e. The number of anilines is 1. The van der Waals surface area contributed by atoms with Crippen LogP contribution in [-0.2, 0) is 17.9 Å². The standard InChI is InChI=1S/C32H35F3N6O/c1-2-26-22-9-8-10-24(27(22)33)32(34,35)16-21-17-40(18-21)13-6-4-3-5-7-14-41-29-23(28(39-26)37-20-38-29)15-25(30(41)42)31(19-36)11-12-31/h2,8-10,15,20-21,26H,1,3-7,11-14,16-18H2,(H,37,38,39)/t26-/m1/s1. The number of alkyl halides is 2. The van der Waals surface area contributed by atoms with E-state index in [4.69, 9.17) is 0 Å². The molecule has 3 aliphatic heterocycles. The fourth-order valence-corrected chi connectivity index (χ4v) is 6.49. The maximum atomic E-state index is 15.8. The molecule has 0 radical (unpaired) electrons.